The maximum atomic E-state index is 14.7. The molecular formula is C52H68N10O9S2. The summed E-state index contributed by atoms with van der Waals surface area (Å²) in [6.07, 6.45) is 1.03. The van der Waals surface area contributed by atoms with E-state index >= 15 is 0 Å². The van der Waals surface area contributed by atoms with E-state index in [2.05, 4.69) is 67.5 Å². The van der Waals surface area contributed by atoms with Crippen molar-refractivity contribution >= 4 is 88.3 Å². The molecular weight excluding hydrogens is 973 g/mol. The number of para-hydroxylation sites is 1. The van der Waals surface area contributed by atoms with Crippen molar-refractivity contribution in [2.75, 3.05) is 18.1 Å². The first-order valence-electron chi connectivity index (χ1n) is 24.2. The van der Waals surface area contributed by atoms with Crippen LogP contribution in [-0.2, 0) is 52.8 Å². The molecule has 0 aliphatic rings. The first-order chi connectivity index (χ1) is 34.9. The fraction of sp³-hybridized carbons (Fsp3) is 0.404. The van der Waals surface area contributed by atoms with Crippen LogP contribution in [0.4, 0.5) is 0 Å². The molecule has 0 radical (unpaired) electrons. The summed E-state index contributed by atoms with van der Waals surface area (Å²) in [6.45, 7) is 5.04. The predicted molar refractivity (Wildman–Crippen MR) is 287 cm³/mol. The van der Waals surface area contributed by atoms with Gasteiger partial charge in [-0.05, 0) is 98.7 Å². The Balaban J connectivity index is 1.39. The molecule has 19 nitrogen and oxygen atoms in total. The second-order valence-electron chi connectivity index (χ2n) is 18.3. The molecule has 5 aromatic rings. The van der Waals surface area contributed by atoms with Gasteiger partial charge in [0.2, 0.25) is 41.4 Å². The molecule has 0 aliphatic carbocycles. The van der Waals surface area contributed by atoms with Crippen molar-refractivity contribution < 1.29 is 43.8 Å². The molecule has 14 N–H and O–H groups in total. The number of fused-ring (bicyclic) bond motifs is 2. The van der Waals surface area contributed by atoms with Crippen molar-refractivity contribution in [3.8, 4) is 5.75 Å². The number of aliphatic hydroxyl groups is 1. The minimum absolute atomic E-state index is 0.0367. The van der Waals surface area contributed by atoms with Crippen LogP contribution < -0.4 is 48.7 Å². The number of unbranched alkanes of at least 4 members (excludes halogenated alkanes) is 1. The summed E-state index contributed by atoms with van der Waals surface area (Å²) in [4.78, 5) is 100. The summed E-state index contributed by atoms with van der Waals surface area (Å²) in [6, 6.07) is 17.5. The molecule has 5 rings (SSSR count). The number of aliphatic hydroxyl groups excluding tert-OH is 1. The van der Waals surface area contributed by atoms with Crippen LogP contribution in [0.5, 0.6) is 5.75 Å². The molecule has 8 atom stereocenters. The van der Waals surface area contributed by atoms with Crippen LogP contribution in [0.25, 0.3) is 21.7 Å². The molecule has 0 bridgehead atoms. The van der Waals surface area contributed by atoms with Crippen molar-refractivity contribution in [2.45, 2.75) is 114 Å². The van der Waals surface area contributed by atoms with Crippen molar-refractivity contribution in [1.29, 1.82) is 0 Å². The zero-order chi connectivity index (χ0) is 53.2. The quantitative estimate of drug-likeness (QED) is 0.0262. The second-order valence-corrected chi connectivity index (χ2v) is 19.0. The lowest BCUT2D eigenvalue weighted by molar-refractivity contribution is -0.136. The molecule has 21 heteroatoms. The maximum absolute atomic E-state index is 14.7. The number of hydrogen-bond donors (Lipinski definition) is 14. The van der Waals surface area contributed by atoms with Gasteiger partial charge in [-0.25, -0.2) is 0 Å². The number of aromatic nitrogens is 1. The first-order valence-corrected chi connectivity index (χ1v) is 25.5. The number of H-pyrrole nitrogens is 1. The first kappa shape index (κ1) is 57.3. The van der Waals surface area contributed by atoms with E-state index in [-0.39, 0.29) is 55.5 Å². The number of nitrogens with two attached hydrogens (primary N) is 2. The minimum Gasteiger partial charge on any atom is -0.508 e. The number of rotatable bonds is 27. The van der Waals surface area contributed by atoms with Crippen LogP contribution in [-0.4, -0.2) is 129 Å². The lowest BCUT2D eigenvalue weighted by Crippen LogP contribution is -2.62. The number of phenolic OH excluding ortho intramolecular Hbond substituents is 1. The third-order valence-electron chi connectivity index (χ3n) is 12.1. The van der Waals surface area contributed by atoms with E-state index in [0.717, 1.165) is 27.2 Å². The van der Waals surface area contributed by atoms with E-state index < -0.39 is 89.7 Å². The van der Waals surface area contributed by atoms with Crippen molar-refractivity contribution in [3.63, 3.8) is 0 Å². The normalized spacial score (nSPS) is 14.6. The van der Waals surface area contributed by atoms with E-state index in [1.54, 1.807) is 32.2 Å². The Bertz CT molecular complexity index is 2680. The molecule has 7 amide bonds. The average molecular weight is 1040 g/mol. The maximum Gasteiger partial charge on any atom is 0.245 e. The van der Waals surface area contributed by atoms with E-state index in [1.807, 2.05) is 66.7 Å². The smallest absolute Gasteiger partial charge is 0.245 e. The fourth-order valence-corrected chi connectivity index (χ4v) is 8.58. The highest BCUT2D eigenvalue weighted by Gasteiger charge is 2.35. The molecule has 0 aliphatic heterocycles. The Labute approximate surface area is 435 Å². The minimum atomic E-state index is -1.56. The number of aromatic amines is 1. The van der Waals surface area contributed by atoms with Gasteiger partial charge < -0.3 is 63.9 Å². The molecule has 0 fully saturated rings. The Morgan fingerprint density at radius 1 is 0.575 bits per heavy atom. The molecule has 0 unspecified atom stereocenters. The molecule has 0 saturated carbocycles. The highest BCUT2D eigenvalue weighted by molar-refractivity contribution is 7.80. The predicted octanol–water partition coefficient (Wildman–Crippen LogP) is 1.18. The lowest BCUT2D eigenvalue weighted by atomic mass is 10.0. The summed E-state index contributed by atoms with van der Waals surface area (Å²) < 4.78 is 0. The van der Waals surface area contributed by atoms with E-state index in [1.165, 1.54) is 19.1 Å². The lowest BCUT2D eigenvalue weighted by Gasteiger charge is -2.28. The molecule has 1 heterocycles. The summed E-state index contributed by atoms with van der Waals surface area (Å²) >= 11 is 8.54. The highest BCUT2D eigenvalue weighted by Crippen LogP contribution is 2.21. The van der Waals surface area contributed by atoms with E-state index in [4.69, 9.17) is 11.5 Å². The van der Waals surface area contributed by atoms with E-state index in [9.17, 15) is 43.8 Å². The fourth-order valence-electron chi connectivity index (χ4n) is 8.07. The Morgan fingerprint density at radius 3 is 1.74 bits per heavy atom. The molecule has 1 aromatic heterocycles. The van der Waals surface area contributed by atoms with Crippen LogP contribution in [0.15, 0.2) is 97.2 Å². The van der Waals surface area contributed by atoms with E-state index in [0.29, 0.717) is 24.0 Å². The molecule has 73 heavy (non-hydrogen) atoms. The van der Waals surface area contributed by atoms with Crippen LogP contribution in [0.2, 0.25) is 0 Å². The number of benzene rings is 4. The Kier molecular flexibility index (Phi) is 21.9. The van der Waals surface area contributed by atoms with Gasteiger partial charge >= 0.3 is 0 Å². The average Bonchev–Trinajstić information content (AvgIpc) is 3.77. The van der Waals surface area contributed by atoms with Gasteiger partial charge in [0.25, 0.3) is 0 Å². The van der Waals surface area contributed by atoms with Gasteiger partial charge in [0.15, 0.2) is 0 Å². The van der Waals surface area contributed by atoms with Crippen LogP contribution >= 0.6 is 25.3 Å². The molecule has 4 aromatic carbocycles. The van der Waals surface area contributed by atoms with Crippen LogP contribution in [0, 0.1) is 0 Å². The molecule has 0 spiro atoms. The Hall–Kier alpha value is -6.65. The number of carbonyl (C=O) groups excluding carboxylic acids is 7. The zero-order valence-electron chi connectivity index (χ0n) is 41.1. The van der Waals surface area contributed by atoms with Gasteiger partial charge in [-0.2, -0.15) is 25.3 Å². The van der Waals surface area contributed by atoms with Crippen molar-refractivity contribution in [2.24, 2.45) is 11.5 Å². The van der Waals surface area contributed by atoms with Crippen LogP contribution in [0.1, 0.15) is 56.7 Å². The second kappa shape index (κ2) is 28.0. The number of carbonyl (C=O) groups is 7. The molecule has 0 saturated heterocycles. The largest absolute Gasteiger partial charge is 0.508 e. The monoisotopic (exact) mass is 1040 g/mol. The summed E-state index contributed by atoms with van der Waals surface area (Å²) in [5, 5.41) is 42.2. The third kappa shape index (κ3) is 17.0. The number of thiol groups is 2. The van der Waals surface area contributed by atoms with Gasteiger partial charge in [-0.3, -0.25) is 33.6 Å². The highest BCUT2D eigenvalue weighted by atomic mass is 32.1. The molecule has 392 valence electrons. The third-order valence-corrected chi connectivity index (χ3v) is 12.8. The number of hydrogen-bond acceptors (Lipinski definition) is 13. The van der Waals surface area contributed by atoms with Gasteiger partial charge in [-0.1, -0.05) is 72.8 Å². The standard InChI is InChI=1S/C52H68N10O9S2/c1-29(2)56-50(69)43(27-72)61-52(71)45(30(3)63)62-47(66)40(14-8-9-21-53)57-49(68)42(25-35-26-55-39-13-7-6-12-37(35)39)59-48(67)41(24-31-16-19-36(64)20-17-31)58-51(70)44(28-73)60-46(65)38(54)23-32-15-18-33-10-4-5-11-34(33)22-32/h4-7,10-13,15-20,22,26,29-30,38,40-45,55,63-64,72-73H,8-9,14,21,23-25,27-28,53-54H2,1-3H3,(H,56,69)(H,57,68)(H,58,70)(H,59,67)(H,60,65)(H,61,71)(H,62,66)/t30-,38+,40+,41+,42-,43+,44-,45-/m1/s1. The van der Waals surface area contributed by atoms with Gasteiger partial charge in [0, 0.05) is 47.5 Å². The van der Waals surface area contributed by atoms with Gasteiger partial charge in [-0.15, -0.1) is 0 Å². The summed E-state index contributed by atoms with van der Waals surface area (Å²) in [5.41, 5.74) is 14.8. The van der Waals surface area contributed by atoms with Crippen molar-refractivity contribution in [3.05, 3.63) is 114 Å². The number of phenols is 1. The zero-order valence-corrected chi connectivity index (χ0v) is 42.9. The number of nitrogens with one attached hydrogen (secondary N) is 8. The van der Waals surface area contributed by atoms with Gasteiger partial charge in [0.1, 0.15) is 42.0 Å². The van der Waals surface area contributed by atoms with Gasteiger partial charge in [0.05, 0.1) is 12.1 Å². The number of amides is 7. The number of aromatic hydroxyl groups is 1. The SMILES string of the molecule is CC(C)NC(=O)[C@H](CS)NC(=O)[C@H](NC(=O)[C@H](CCCCN)NC(=O)[C@@H](Cc1c[nH]c2ccccc12)NC(=O)[C@H](Cc1ccc(O)cc1)NC(=O)[C@@H](CS)NC(=O)[C@@H](N)Cc1ccc2ccccc2c1)[C@@H](C)O. The van der Waals surface area contributed by atoms with Crippen LogP contribution in [0.3, 0.4) is 0 Å². The topological polar surface area (TPSA) is 312 Å². The van der Waals surface area contributed by atoms with Crippen molar-refractivity contribution in [1.82, 2.24) is 42.2 Å². The Morgan fingerprint density at radius 2 is 1.11 bits per heavy atom. The summed E-state index contributed by atoms with van der Waals surface area (Å²) in [5.74, 6) is -5.54. The summed E-state index contributed by atoms with van der Waals surface area (Å²) in [7, 11) is 0.